The molecule has 0 saturated carbocycles. The Labute approximate surface area is 219 Å². The van der Waals surface area contributed by atoms with Crippen LogP contribution < -0.4 is 9.47 Å². The molecule has 0 saturated heterocycles. The zero-order valence-corrected chi connectivity index (χ0v) is 21.8. The van der Waals surface area contributed by atoms with Crippen LogP contribution in [0.1, 0.15) is 22.6 Å². The second kappa shape index (κ2) is 11.5. The molecule has 0 spiro atoms. The molecule has 1 unspecified atom stereocenters. The molecule has 184 valence electrons. The van der Waals surface area contributed by atoms with Crippen molar-refractivity contribution in [1.82, 2.24) is 4.90 Å². The molecule has 0 heterocycles. The fourth-order valence-corrected chi connectivity index (χ4v) is 4.78. The van der Waals surface area contributed by atoms with Crippen LogP contribution in [0.15, 0.2) is 103 Å². The van der Waals surface area contributed by atoms with Gasteiger partial charge in [-0.05, 0) is 82.7 Å². The lowest BCUT2D eigenvalue weighted by molar-refractivity contribution is 0.261. The maximum atomic E-state index is 5.98. The van der Waals surface area contributed by atoms with Crippen molar-refractivity contribution in [3.63, 3.8) is 0 Å². The third-order valence-electron chi connectivity index (χ3n) is 6.57. The molecule has 4 heteroatoms. The molecule has 0 aliphatic rings. The maximum absolute atomic E-state index is 5.98. The van der Waals surface area contributed by atoms with Gasteiger partial charge in [0.05, 0.1) is 7.11 Å². The number of ether oxygens (including phenoxy) is 2. The third kappa shape index (κ3) is 5.33. The second-order valence-corrected chi connectivity index (χ2v) is 9.16. The van der Waals surface area contributed by atoms with Crippen molar-refractivity contribution in [3.8, 4) is 11.5 Å². The van der Waals surface area contributed by atoms with Gasteiger partial charge in [-0.25, -0.2) is 0 Å². The quantitative estimate of drug-likeness (QED) is 0.163. The Morgan fingerprint density at radius 1 is 0.667 bits per heavy atom. The van der Waals surface area contributed by atoms with Gasteiger partial charge in [-0.3, -0.25) is 0 Å². The molecule has 1 atom stereocenters. The number of likely N-dealkylation sites (N-methyl/N-ethyl adjacent to an activating group) is 1. The molecule has 0 radical (unpaired) electrons. The van der Waals surface area contributed by atoms with Crippen LogP contribution in [0.2, 0.25) is 0 Å². The summed E-state index contributed by atoms with van der Waals surface area (Å²) in [5, 5.41) is 5.06. The molecule has 0 aromatic heterocycles. The highest BCUT2D eigenvalue weighted by Crippen LogP contribution is 2.41. The van der Waals surface area contributed by atoms with E-state index in [4.69, 9.17) is 9.47 Å². The number of nitrogens with zero attached hydrogens (tertiary/aromatic N) is 1. The summed E-state index contributed by atoms with van der Waals surface area (Å²) in [4.78, 5) is 2.12. The number of hydrogen-bond donors (Lipinski definition) is 0. The lowest BCUT2D eigenvalue weighted by atomic mass is 9.80. The first-order chi connectivity index (χ1) is 17.1. The maximum Gasteiger partial charge on any atom is 0.119 e. The minimum atomic E-state index is 0. The normalized spacial score (nSPS) is 11.9. The summed E-state index contributed by atoms with van der Waals surface area (Å²) in [5.74, 6) is 1.82. The van der Waals surface area contributed by atoms with Gasteiger partial charge in [-0.2, -0.15) is 0 Å². The van der Waals surface area contributed by atoms with E-state index in [9.17, 15) is 0 Å². The van der Waals surface area contributed by atoms with Gasteiger partial charge in [-0.1, -0.05) is 72.8 Å². The molecule has 0 aliphatic carbocycles. The van der Waals surface area contributed by atoms with E-state index in [1.165, 1.54) is 38.2 Å². The zero-order valence-electron chi connectivity index (χ0n) is 21.0. The lowest BCUT2D eigenvalue weighted by Gasteiger charge is -2.23. The standard InChI is InChI=1S/C32H31NO2.ClH/c1-33(2)20-21-35-28-18-14-24(15-19-28)31(23-12-16-27(34-3)17-13-23)32-29-10-6-4-8-25(29)22-26-9-5-7-11-30(26)32;/h4-19,22,31H,20-21H2,1-3H3;1H. The highest BCUT2D eigenvalue weighted by atomic mass is 35.5. The first-order valence-corrected chi connectivity index (χ1v) is 12.1. The van der Waals surface area contributed by atoms with Crippen molar-refractivity contribution in [1.29, 1.82) is 0 Å². The van der Waals surface area contributed by atoms with E-state index < -0.39 is 0 Å². The van der Waals surface area contributed by atoms with Gasteiger partial charge in [-0.15, -0.1) is 12.4 Å². The van der Waals surface area contributed by atoms with Crippen LogP contribution in [0.4, 0.5) is 0 Å². The van der Waals surface area contributed by atoms with E-state index in [2.05, 4.69) is 110 Å². The minimum Gasteiger partial charge on any atom is -0.497 e. The molecule has 5 rings (SSSR count). The van der Waals surface area contributed by atoms with Crippen LogP contribution in [0, 0.1) is 0 Å². The number of hydrogen-bond acceptors (Lipinski definition) is 3. The molecule has 0 bridgehead atoms. The Hall–Kier alpha value is -3.53. The fourth-order valence-electron chi connectivity index (χ4n) is 4.78. The summed E-state index contributed by atoms with van der Waals surface area (Å²) in [6.07, 6.45) is 0. The van der Waals surface area contributed by atoms with Gasteiger partial charge in [0, 0.05) is 12.5 Å². The van der Waals surface area contributed by atoms with Crippen LogP contribution in [-0.2, 0) is 0 Å². The van der Waals surface area contributed by atoms with Gasteiger partial charge < -0.3 is 14.4 Å². The molecular formula is C32H32ClNO2. The molecule has 0 fully saturated rings. The zero-order chi connectivity index (χ0) is 24.2. The van der Waals surface area contributed by atoms with E-state index in [1.807, 2.05) is 12.1 Å². The SMILES string of the molecule is COc1ccc(C(c2ccc(OCCN(C)C)cc2)c2c3ccccc3cc3ccccc23)cc1.Cl. The molecule has 0 N–H and O–H groups in total. The largest absolute Gasteiger partial charge is 0.497 e. The summed E-state index contributed by atoms with van der Waals surface area (Å²) in [6, 6.07) is 36.7. The Kier molecular flexibility index (Phi) is 8.14. The van der Waals surface area contributed by atoms with Gasteiger partial charge in [0.1, 0.15) is 18.1 Å². The molecule has 5 aromatic carbocycles. The van der Waals surface area contributed by atoms with E-state index in [0.717, 1.165) is 18.0 Å². The van der Waals surface area contributed by atoms with Gasteiger partial charge in [0.15, 0.2) is 0 Å². The van der Waals surface area contributed by atoms with Crippen molar-refractivity contribution in [2.24, 2.45) is 0 Å². The third-order valence-corrected chi connectivity index (χ3v) is 6.57. The van der Waals surface area contributed by atoms with Crippen LogP contribution in [-0.4, -0.2) is 39.3 Å². The highest BCUT2D eigenvalue weighted by molar-refractivity contribution is 6.03. The molecule has 0 amide bonds. The first kappa shape index (κ1) is 25.6. The number of halogens is 1. The monoisotopic (exact) mass is 497 g/mol. The van der Waals surface area contributed by atoms with Crippen LogP contribution >= 0.6 is 12.4 Å². The van der Waals surface area contributed by atoms with E-state index in [-0.39, 0.29) is 18.3 Å². The summed E-state index contributed by atoms with van der Waals surface area (Å²) in [7, 11) is 5.82. The molecular weight excluding hydrogens is 466 g/mol. The van der Waals surface area contributed by atoms with Crippen molar-refractivity contribution in [2.75, 3.05) is 34.4 Å². The average Bonchev–Trinajstić information content (AvgIpc) is 2.89. The molecule has 0 aliphatic heterocycles. The summed E-state index contributed by atoms with van der Waals surface area (Å²) < 4.78 is 11.4. The van der Waals surface area contributed by atoms with Crippen molar-refractivity contribution >= 4 is 34.0 Å². The Morgan fingerprint density at radius 2 is 1.17 bits per heavy atom. The fraction of sp³-hybridized carbons (Fsp3) is 0.188. The van der Waals surface area contributed by atoms with Crippen LogP contribution in [0.5, 0.6) is 11.5 Å². The highest BCUT2D eigenvalue weighted by Gasteiger charge is 2.22. The average molecular weight is 498 g/mol. The Morgan fingerprint density at radius 3 is 1.67 bits per heavy atom. The first-order valence-electron chi connectivity index (χ1n) is 12.1. The predicted octanol–water partition coefficient (Wildman–Crippen LogP) is 7.54. The summed E-state index contributed by atoms with van der Waals surface area (Å²) in [5.41, 5.74) is 3.79. The minimum absolute atomic E-state index is 0. The van der Waals surface area contributed by atoms with Gasteiger partial charge >= 0.3 is 0 Å². The van der Waals surface area contributed by atoms with Crippen LogP contribution in [0.3, 0.4) is 0 Å². The summed E-state index contributed by atoms with van der Waals surface area (Å²) >= 11 is 0. The number of methoxy groups -OCH3 is 1. The van der Waals surface area contributed by atoms with E-state index in [0.29, 0.717) is 6.61 Å². The van der Waals surface area contributed by atoms with Crippen molar-refractivity contribution in [2.45, 2.75) is 5.92 Å². The van der Waals surface area contributed by atoms with Gasteiger partial charge in [0.25, 0.3) is 0 Å². The predicted molar refractivity (Wildman–Crippen MR) is 153 cm³/mol. The van der Waals surface area contributed by atoms with Crippen molar-refractivity contribution in [3.05, 3.63) is 120 Å². The number of fused-ring (bicyclic) bond motifs is 2. The van der Waals surface area contributed by atoms with E-state index in [1.54, 1.807) is 7.11 Å². The number of rotatable bonds is 8. The second-order valence-electron chi connectivity index (χ2n) is 9.16. The van der Waals surface area contributed by atoms with Crippen LogP contribution in [0.25, 0.3) is 21.5 Å². The number of benzene rings is 5. The molecule has 3 nitrogen and oxygen atoms in total. The molecule has 36 heavy (non-hydrogen) atoms. The molecule has 5 aromatic rings. The van der Waals surface area contributed by atoms with Crippen molar-refractivity contribution < 1.29 is 9.47 Å². The van der Waals surface area contributed by atoms with Gasteiger partial charge in [0.2, 0.25) is 0 Å². The smallest absolute Gasteiger partial charge is 0.119 e. The van der Waals surface area contributed by atoms with E-state index >= 15 is 0 Å². The summed E-state index contributed by atoms with van der Waals surface area (Å²) in [6.45, 7) is 1.56. The Balaban J connectivity index is 0.00000304. The lowest BCUT2D eigenvalue weighted by Crippen LogP contribution is -2.19. The Bertz CT molecular complexity index is 1380. The topological polar surface area (TPSA) is 21.7 Å².